The van der Waals surface area contributed by atoms with Crippen LogP contribution >= 0.6 is 0 Å². The molecule has 0 aliphatic heterocycles. The van der Waals surface area contributed by atoms with Gasteiger partial charge in [0.15, 0.2) is 0 Å². The highest BCUT2D eigenvalue weighted by Crippen LogP contribution is 2.01. The molecule has 0 saturated heterocycles. The van der Waals surface area contributed by atoms with Crippen molar-refractivity contribution >= 4 is 6.03 Å². The first-order valence-corrected chi connectivity index (χ1v) is 5.53. The second-order valence-corrected chi connectivity index (χ2v) is 4.06. The van der Waals surface area contributed by atoms with Crippen LogP contribution in [-0.4, -0.2) is 6.03 Å². The summed E-state index contributed by atoms with van der Waals surface area (Å²) in [5.74, 6) is 0.116. The Labute approximate surface area is 101 Å². The first kappa shape index (κ1) is 13.2. The summed E-state index contributed by atoms with van der Waals surface area (Å²) in [5.41, 5.74) is 0.856. The second-order valence-electron chi connectivity index (χ2n) is 4.06. The van der Waals surface area contributed by atoms with Gasteiger partial charge in [-0.3, -0.25) is 0 Å². The third kappa shape index (κ3) is 5.70. The summed E-state index contributed by atoms with van der Waals surface area (Å²) >= 11 is 0. The van der Waals surface area contributed by atoms with E-state index in [-0.39, 0.29) is 11.8 Å². The van der Waals surface area contributed by atoms with E-state index in [1.807, 2.05) is 19.9 Å². The van der Waals surface area contributed by atoms with Crippen LogP contribution in [0.4, 0.5) is 9.18 Å². The number of hydrogen-bond acceptors (Lipinski definition) is 1. The van der Waals surface area contributed by atoms with E-state index in [4.69, 9.17) is 0 Å². The molecule has 1 aromatic rings. The maximum absolute atomic E-state index is 12.6. The molecule has 0 aliphatic carbocycles. The predicted molar refractivity (Wildman–Crippen MR) is 65.7 cm³/mol. The van der Waals surface area contributed by atoms with E-state index >= 15 is 0 Å². The van der Waals surface area contributed by atoms with E-state index in [0.717, 1.165) is 5.56 Å². The van der Waals surface area contributed by atoms with Crippen LogP contribution in [0.25, 0.3) is 0 Å². The van der Waals surface area contributed by atoms with Gasteiger partial charge in [-0.2, -0.15) is 0 Å². The molecule has 0 radical (unpaired) electrons. The maximum atomic E-state index is 12.6. The predicted octanol–water partition coefficient (Wildman–Crippen LogP) is 2.79. The van der Waals surface area contributed by atoms with Gasteiger partial charge in [0.2, 0.25) is 0 Å². The van der Waals surface area contributed by atoms with E-state index in [9.17, 15) is 9.18 Å². The van der Waals surface area contributed by atoms with Crippen LogP contribution in [0.5, 0.6) is 0 Å². The Morgan fingerprint density at radius 2 is 2.00 bits per heavy atom. The summed E-state index contributed by atoms with van der Waals surface area (Å²) < 4.78 is 12.6. The summed E-state index contributed by atoms with van der Waals surface area (Å²) in [6.07, 6.45) is 3.50. The van der Waals surface area contributed by atoms with E-state index < -0.39 is 0 Å². The Balaban J connectivity index is 2.31. The van der Waals surface area contributed by atoms with Crippen LogP contribution in [0.2, 0.25) is 0 Å². The summed E-state index contributed by atoms with van der Waals surface area (Å²) in [6, 6.07) is 5.74. The van der Waals surface area contributed by atoms with Crippen molar-refractivity contribution < 1.29 is 9.18 Å². The van der Waals surface area contributed by atoms with E-state index in [2.05, 4.69) is 10.6 Å². The maximum Gasteiger partial charge on any atom is 0.319 e. The summed E-state index contributed by atoms with van der Waals surface area (Å²) in [6.45, 7) is 4.42. The molecule has 3 nitrogen and oxygen atoms in total. The van der Waals surface area contributed by atoms with Crippen molar-refractivity contribution in [2.45, 2.75) is 20.4 Å². The molecular weight excluding hydrogens is 219 g/mol. The molecule has 92 valence electrons. The highest BCUT2D eigenvalue weighted by atomic mass is 19.1. The Bertz CT molecular complexity index is 385. The van der Waals surface area contributed by atoms with Crippen LogP contribution in [0.1, 0.15) is 19.4 Å². The zero-order chi connectivity index (χ0) is 12.7. The largest absolute Gasteiger partial charge is 0.334 e. The lowest BCUT2D eigenvalue weighted by Gasteiger charge is -2.04. The minimum absolute atomic E-state index is 0.272. The number of benzene rings is 1. The lowest BCUT2D eigenvalue weighted by atomic mass is 10.2. The molecule has 0 unspecified atom stereocenters. The van der Waals surface area contributed by atoms with Crippen molar-refractivity contribution in [2.24, 2.45) is 5.92 Å². The molecule has 17 heavy (non-hydrogen) atoms. The standard InChI is InChI=1S/C13H17FN2O/c1-10(2)7-8-15-13(17)16-9-11-3-5-12(14)6-4-11/h3-8,10H,9H2,1-2H3,(H2,15,16,17)/b8-7+. The molecule has 0 aliphatic rings. The van der Waals surface area contributed by atoms with Crippen molar-refractivity contribution in [2.75, 3.05) is 0 Å². The monoisotopic (exact) mass is 236 g/mol. The van der Waals surface area contributed by atoms with Gasteiger partial charge in [0.1, 0.15) is 5.82 Å². The molecule has 1 rings (SSSR count). The van der Waals surface area contributed by atoms with Gasteiger partial charge in [0.25, 0.3) is 0 Å². The van der Waals surface area contributed by atoms with Gasteiger partial charge < -0.3 is 10.6 Å². The lowest BCUT2D eigenvalue weighted by Crippen LogP contribution is -2.31. The minimum atomic E-state index is -0.280. The smallest absolute Gasteiger partial charge is 0.319 e. The molecule has 1 aromatic carbocycles. The number of carbonyl (C=O) groups excluding carboxylic acids is 1. The minimum Gasteiger partial charge on any atom is -0.334 e. The lowest BCUT2D eigenvalue weighted by molar-refractivity contribution is 0.243. The number of hydrogen-bond donors (Lipinski definition) is 2. The molecule has 4 heteroatoms. The molecule has 0 heterocycles. The average Bonchev–Trinajstić information content (AvgIpc) is 2.28. The van der Waals surface area contributed by atoms with Gasteiger partial charge in [-0.15, -0.1) is 0 Å². The van der Waals surface area contributed by atoms with Gasteiger partial charge in [0, 0.05) is 12.7 Å². The quantitative estimate of drug-likeness (QED) is 0.829. The summed E-state index contributed by atoms with van der Waals surface area (Å²) in [5, 5.41) is 5.26. The fraction of sp³-hybridized carbons (Fsp3) is 0.308. The molecule has 0 atom stereocenters. The van der Waals surface area contributed by atoms with Gasteiger partial charge in [0.05, 0.1) is 0 Å². The fourth-order valence-electron chi connectivity index (χ4n) is 1.15. The Morgan fingerprint density at radius 1 is 1.35 bits per heavy atom. The van der Waals surface area contributed by atoms with Crippen LogP contribution in [0.15, 0.2) is 36.5 Å². The first-order chi connectivity index (χ1) is 8.08. The van der Waals surface area contributed by atoms with Crippen molar-refractivity contribution in [1.29, 1.82) is 0 Å². The van der Waals surface area contributed by atoms with Crippen molar-refractivity contribution in [3.8, 4) is 0 Å². The normalized spacial score (nSPS) is 10.8. The molecule has 2 amide bonds. The molecule has 0 saturated carbocycles. The summed E-state index contributed by atoms with van der Waals surface area (Å²) in [7, 11) is 0. The van der Waals surface area contributed by atoms with Crippen molar-refractivity contribution in [3.05, 3.63) is 47.9 Å². The number of carbonyl (C=O) groups is 1. The Kier molecular flexibility index (Phi) is 5.20. The Morgan fingerprint density at radius 3 is 2.59 bits per heavy atom. The fourth-order valence-corrected chi connectivity index (χ4v) is 1.15. The van der Waals surface area contributed by atoms with Crippen molar-refractivity contribution in [1.82, 2.24) is 10.6 Å². The second kappa shape index (κ2) is 6.68. The number of nitrogens with one attached hydrogen (secondary N) is 2. The third-order valence-electron chi connectivity index (χ3n) is 2.06. The van der Waals surface area contributed by atoms with E-state index in [0.29, 0.717) is 12.5 Å². The Hall–Kier alpha value is -1.84. The van der Waals surface area contributed by atoms with Gasteiger partial charge in [-0.25, -0.2) is 9.18 Å². The topological polar surface area (TPSA) is 41.1 Å². The number of rotatable bonds is 4. The highest BCUT2D eigenvalue weighted by Gasteiger charge is 1.98. The summed E-state index contributed by atoms with van der Waals surface area (Å²) in [4.78, 5) is 11.3. The molecule has 0 spiro atoms. The van der Waals surface area contributed by atoms with Gasteiger partial charge in [-0.1, -0.05) is 32.1 Å². The molecule has 2 N–H and O–H groups in total. The highest BCUT2D eigenvalue weighted by molar-refractivity contribution is 5.74. The van der Waals surface area contributed by atoms with Crippen LogP contribution in [0, 0.1) is 11.7 Å². The first-order valence-electron chi connectivity index (χ1n) is 5.53. The average molecular weight is 236 g/mol. The van der Waals surface area contributed by atoms with E-state index in [1.165, 1.54) is 12.1 Å². The van der Waals surface area contributed by atoms with Crippen LogP contribution < -0.4 is 10.6 Å². The zero-order valence-electron chi connectivity index (χ0n) is 10.0. The molecule has 0 bridgehead atoms. The van der Waals surface area contributed by atoms with Crippen LogP contribution in [0.3, 0.4) is 0 Å². The number of allylic oxidation sites excluding steroid dienone is 1. The zero-order valence-corrected chi connectivity index (χ0v) is 10.0. The molecular formula is C13H17FN2O. The van der Waals surface area contributed by atoms with Crippen molar-refractivity contribution in [3.63, 3.8) is 0 Å². The number of amides is 2. The molecule has 0 aromatic heterocycles. The van der Waals surface area contributed by atoms with Gasteiger partial charge >= 0.3 is 6.03 Å². The number of urea groups is 1. The van der Waals surface area contributed by atoms with Crippen LogP contribution in [-0.2, 0) is 6.54 Å². The van der Waals surface area contributed by atoms with E-state index in [1.54, 1.807) is 18.3 Å². The van der Waals surface area contributed by atoms with Gasteiger partial charge in [-0.05, 0) is 23.6 Å². The molecule has 0 fully saturated rings. The third-order valence-corrected chi connectivity index (χ3v) is 2.06. The SMILES string of the molecule is CC(C)/C=C/NC(=O)NCc1ccc(F)cc1. The number of halogens is 1.